The van der Waals surface area contributed by atoms with E-state index in [0.717, 1.165) is 11.3 Å². The molecule has 1 heterocycles. The molecule has 0 radical (unpaired) electrons. The molecule has 0 aliphatic carbocycles. The Labute approximate surface area is 151 Å². The molecule has 128 valence electrons. The molecule has 0 aromatic heterocycles. The number of carbonyl (C=O) groups excluding carboxylic acids is 2. The van der Waals surface area contributed by atoms with Gasteiger partial charge in [-0.25, -0.2) is 0 Å². The van der Waals surface area contributed by atoms with Crippen LogP contribution in [0.5, 0.6) is 5.75 Å². The number of nitrogens with zero attached hydrogens (tertiary/aromatic N) is 1. The molecule has 1 aliphatic rings. The Morgan fingerprint density at radius 1 is 1.46 bits per heavy atom. The van der Waals surface area contributed by atoms with Crippen LogP contribution in [0.25, 0.3) is 6.08 Å². The molecule has 5 nitrogen and oxygen atoms in total. The van der Waals surface area contributed by atoms with Crippen LogP contribution < -0.4 is 10.1 Å². The second-order valence-corrected chi connectivity index (χ2v) is 7.23. The minimum absolute atomic E-state index is 0.0348. The zero-order valence-corrected chi connectivity index (χ0v) is 15.5. The Kier molecular flexibility index (Phi) is 6.39. The lowest BCUT2D eigenvalue weighted by Crippen LogP contribution is -2.38. The van der Waals surface area contributed by atoms with Gasteiger partial charge in [-0.15, -0.1) is 0 Å². The van der Waals surface area contributed by atoms with Gasteiger partial charge in [-0.1, -0.05) is 50.0 Å². The van der Waals surface area contributed by atoms with E-state index in [2.05, 4.69) is 5.32 Å². The predicted octanol–water partition coefficient (Wildman–Crippen LogP) is 2.67. The van der Waals surface area contributed by atoms with Gasteiger partial charge in [0.1, 0.15) is 10.1 Å². The minimum Gasteiger partial charge on any atom is -0.497 e. The van der Waals surface area contributed by atoms with Crippen molar-refractivity contribution in [1.82, 2.24) is 10.2 Å². The second-order valence-electron chi connectivity index (χ2n) is 5.56. The molecule has 1 aliphatic heterocycles. The summed E-state index contributed by atoms with van der Waals surface area (Å²) in [5, 5.41) is 2.79. The Bertz CT molecular complexity index is 686. The smallest absolute Gasteiger partial charge is 0.266 e. The Morgan fingerprint density at radius 3 is 2.88 bits per heavy atom. The summed E-state index contributed by atoms with van der Waals surface area (Å²) >= 11 is 6.55. The van der Waals surface area contributed by atoms with Gasteiger partial charge in [-0.3, -0.25) is 14.5 Å². The maximum Gasteiger partial charge on any atom is 0.266 e. The fraction of sp³-hybridized carbons (Fsp3) is 0.353. The molecular weight excluding hydrogens is 344 g/mol. The molecule has 1 aromatic carbocycles. The fourth-order valence-electron chi connectivity index (χ4n) is 2.07. The number of nitrogens with one attached hydrogen (secondary N) is 1. The molecule has 7 heteroatoms. The lowest BCUT2D eigenvalue weighted by atomic mass is 10.2. The number of ether oxygens (including phenoxy) is 1. The Balaban J connectivity index is 2.02. The van der Waals surface area contributed by atoms with E-state index in [1.54, 1.807) is 13.2 Å². The van der Waals surface area contributed by atoms with E-state index in [-0.39, 0.29) is 17.7 Å². The molecule has 0 unspecified atom stereocenters. The molecule has 24 heavy (non-hydrogen) atoms. The van der Waals surface area contributed by atoms with Crippen LogP contribution in [-0.2, 0) is 9.59 Å². The summed E-state index contributed by atoms with van der Waals surface area (Å²) in [6.07, 6.45) is 1.80. The van der Waals surface area contributed by atoms with Crippen molar-refractivity contribution in [3.63, 3.8) is 0 Å². The van der Waals surface area contributed by atoms with Crippen LogP contribution in [0.4, 0.5) is 0 Å². The standard InChI is InChI=1S/C17H20N2O3S2/c1-11(2)15(20)18-7-8-19-16(21)14(24-17(19)23)10-12-5-4-6-13(9-12)22-3/h4-6,9-11H,7-8H2,1-3H3,(H,18,20)/b14-10+. The molecule has 1 saturated heterocycles. The van der Waals surface area contributed by atoms with Crippen LogP contribution >= 0.6 is 24.0 Å². The molecule has 0 bridgehead atoms. The predicted molar refractivity (Wildman–Crippen MR) is 101 cm³/mol. The van der Waals surface area contributed by atoms with E-state index in [0.29, 0.717) is 22.3 Å². The molecule has 2 amide bonds. The normalized spacial score (nSPS) is 16.2. The first-order valence-electron chi connectivity index (χ1n) is 7.59. The van der Waals surface area contributed by atoms with Gasteiger partial charge in [0.05, 0.1) is 12.0 Å². The third-order valence-corrected chi connectivity index (χ3v) is 4.80. The SMILES string of the molecule is COc1cccc(/C=C2/SC(=S)N(CCNC(=O)C(C)C)C2=O)c1. The van der Waals surface area contributed by atoms with Gasteiger partial charge in [0, 0.05) is 19.0 Å². The maximum absolute atomic E-state index is 12.5. The molecular formula is C17H20N2O3S2. The van der Waals surface area contributed by atoms with Crippen molar-refractivity contribution >= 4 is 46.2 Å². The van der Waals surface area contributed by atoms with Crippen molar-refractivity contribution in [2.24, 2.45) is 5.92 Å². The summed E-state index contributed by atoms with van der Waals surface area (Å²) in [5.41, 5.74) is 0.878. The van der Waals surface area contributed by atoms with Crippen molar-refractivity contribution in [2.75, 3.05) is 20.2 Å². The minimum atomic E-state index is -0.133. The first-order chi connectivity index (χ1) is 11.4. The van der Waals surface area contributed by atoms with Crippen LogP contribution in [0, 0.1) is 5.92 Å². The van der Waals surface area contributed by atoms with Crippen LogP contribution in [-0.4, -0.2) is 41.2 Å². The molecule has 0 atom stereocenters. The van der Waals surface area contributed by atoms with E-state index in [4.69, 9.17) is 17.0 Å². The van der Waals surface area contributed by atoms with Crippen LogP contribution in [0.1, 0.15) is 19.4 Å². The summed E-state index contributed by atoms with van der Waals surface area (Å²) in [4.78, 5) is 26.2. The monoisotopic (exact) mass is 364 g/mol. The highest BCUT2D eigenvalue weighted by Crippen LogP contribution is 2.32. The molecule has 0 spiro atoms. The van der Waals surface area contributed by atoms with Gasteiger partial charge in [0.2, 0.25) is 5.91 Å². The highest BCUT2D eigenvalue weighted by molar-refractivity contribution is 8.26. The molecule has 0 saturated carbocycles. The highest BCUT2D eigenvalue weighted by atomic mass is 32.2. The summed E-state index contributed by atoms with van der Waals surface area (Å²) in [6.45, 7) is 4.41. The van der Waals surface area contributed by atoms with Crippen molar-refractivity contribution in [2.45, 2.75) is 13.8 Å². The zero-order valence-electron chi connectivity index (χ0n) is 13.9. The average molecular weight is 364 g/mol. The lowest BCUT2D eigenvalue weighted by Gasteiger charge is -2.15. The molecule has 1 fully saturated rings. The maximum atomic E-state index is 12.5. The van der Waals surface area contributed by atoms with Gasteiger partial charge < -0.3 is 10.1 Å². The van der Waals surface area contributed by atoms with E-state index in [9.17, 15) is 9.59 Å². The lowest BCUT2D eigenvalue weighted by molar-refractivity contribution is -0.125. The topological polar surface area (TPSA) is 58.6 Å². The quantitative estimate of drug-likeness (QED) is 0.621. The van der Waals surface area contributed by atoms with Crippen LogP contribution in [0.2, 0.25) is 0 Å². The number of hydrogen-bond acceptors (Lipinski definition) is 5. The van der Waals surface area contributed by atoms with Crippen molar-refractivity contribution in [1.29, 1.82) is 0 Å². The third kappa shape index (κ3) is 4.58. The zero-order chi connectivity index (χ0) is 17.7. The number of amides is 2. The largest absolute Gasteiger partial charge is 0.497 e. The van der Waals surface area contributed by atoms with Crippen molar-refractivity contribution in [3.8, 4) is 5.75 Å². The van der Waals surface area contributed by atoms with E-state index < -0.39 is 0 Å². The molecule has 2 rings (SSSR count). The number of thiocarbonyl (C=S) groups is 1. The first-order valence-corrected chi connectivity index (χ1v) is 8.82. The van der Waals surface area contributed by atoms with Crippen LogP contribution in [0.15, 0.2) is 29.2 Å². The Morgan fingerprint density at radius 2 is 2.21 bits per heavy atom. The fourth-order valence-corrected chi connectivity index (χ4v) is 3.38. The first kappa shape index (κ1) is 18.5. The number of benzene rings is 1. The third-order valence-electron chi connectivity index (χ3n) is 3.42. The van der Waals surface area contributed by atoms with E-state index in [1.165, 1.54) is 16.7 Å². The number of methoxy groups -OCH3 is 1. The second kappa shape index (κ2) is 8.30. The van der Waals surface area contributed by atoms with Crippen molar-refractivity contribution < 1.29 is 14.3 Å². The van der Waals surface area contributed by atoms with Gasteiger partial charge in [0.25, 0.3) is 5.91 Å². The Hall–Kier alpha value is -1.86. The molecule has 1 aromatic rings. The highest BCUT2D eigenvalue weighted by Gasteiger charge is 2.31. The van der Waals surface area contributed by atoms with Gasteiger partial charge in [0.15, 0.2) is 0 Å². The number of hydrogen-bond donors (Lipinski definition) is 1. The summed E-state index contributed by atoms with van der Waals surface area (Å²) < 4.78 is 5.69. The van der Waals surface area contributed by atoms with Gasteiger partial charge in [-0.05, 0) is 23.8 Å². The van der Waals surface area contributed by atoms with Crippen LogP contribution in [0.3, 0.4) is 0 Å². The summed E-state index contributed by atoms with van der Waals surface area (Å²) in [5.74, 6) is 0.485. The number of thioether (sulfide) groups is 1. The molecule has 1 N–H and O–H groups in total. The van der Waals surface area contributed by atoms with Gasteiger partial charge >= 0.3 is 0 Å². The van der Waals surface area contributed by atoms with Gasteiger partial charge in [-0.2, -0.15) is 0 Å². The van der Waals surface area contributed by atoms with Crippen molar-refractivity contribution in [3.05, 3.63) is 34.7 Å². The van der Waals surface area contributed by atoms with E-state index in [1.807, 2.05) is 38.1 Å². The number of carbonyl (C=O) groups is 2. The summed E-state index contributed by atoms with van der Waals surface area (Å²) in [6, 6.07) is 7.47. The average Bonchev–Trinajstić information content (AvgIpc) is 2.82. The number of rotatable bonds is 6. The van der Waals surface area contributed by atoms with E-state index >= 15 is 0 Å². The summed E-state index contributed by atoms with van der Waals surface area (Å²) in [7, 11) is 1.60.